The second-order valence-electron chi connectivity index (χ2n) is 4.26. The molecule has 2 rings (SSSR count). The quantitative estimate of drug-likeness (QED) is 0.917. The van der Waals surface area contributed by atoms with E-state index in [4.69, 9.17) is 10.5 Å². The normalized spacial score (nSPS) is 23.9. The number of hydrogen-bond donors (Lipinski definition) is 1. The van der Waals surface area contributed by atoms with Crippen molar-refractivity contribution in [2.75, 3.05) is 20.3 Å². The third-order valence-electron chi connectivity index (χ3n) is 2.86. The average molecular weight is 319 g/mol. The molecule has 1 saturated heterocycles. The van der Waals surface area contributed by atoms with Gasteiger partial charge in [-0.05, 0) is 32.9 Å². The Balaban J connectivity index is 1.95. The maximum Gasteiger partial charge on any atom is 0.229 e. The van der Waals surface area contributed by atoms with E-state index >= 15 is 0 Å². The number of ether oxygens (including phenoxy) is 1. The van der Waals surface area contributed by atoms with Gasteiger partial charge < -0.3 is 15.4 Å². The molecule has 17 heavy (non-hydrogen) atoms. The first-order valence-electron chi connectivity index (χ1n) is 5.39. The lowest BCUT2D eigenvalue weighted by atomic mass is 10.0. The molecule has 2 heterocycles. The van der Waals surface area contributed by atoms with Crippen LogP contribution in [0, 0.1) is 5.92 Å². The molecule has 2 N–H and O–H groups in total. The molecule has 1 aliphatic rings. The zero-order chi connectivity index (χ0) is 12.4. The van der Waals surface area contributed by atoms with Gasteiger partial charge in [0.25, 0.3) is 0 Å². The van der Waals surface area contributed by atoms with Gasteiger partial charge in [0, 0.05) is 19.6 Å². The summed E-state index contributed by atoms with van der Waals surface area (Å²) >= 11 is 5.03. The van der Waals surface area contributed by atoms with Crippen LogP contribution in [-0.4, -0.2) is 37.1 Å². The third kappa shape index (κ3) is 3.07. The van der Waals surface area contributed by atoms with Crippen molar-refractivity contribution in [2.24, 2.45) is 11.7 Å². The summed E-state index contributed by atoms with van der Waals surface area (Å²) in [4.78, 5) is 13.8. The lowest BCUT2D eigenvalue weighted by Crippen LogP contribution is -2.41. The van der Waals surface area contributed by atoms with Crippen LogP contribution in [0.25, 0.3) is 0 Å². The van der Waals surface area contributed by atoms with E-state index in [1.807, 2.05) is 11.4 Å². The van der Waals surface area contributed by atoms with Gasteiger partial charge in [-0.3, -0.25) is 4.79 Å². The minimum absolute atomic E-state index is 0.0670. The van der Waals surface area contributed by atoms with Crippen molar-refractivity contribution in [2.45, 2.75) is 12.6 Å². The molecule has 0 bridgehead atoms. The molecule has 0 spiro atoms. The first kappa shape index (κ1) is 13.0. The SMILES string of the molecule is CN(Cc1csc(Br)c1)C(=O)C1COCC1N. The van der Waals surface area contributed by atoms with Crippen LogP contribution >= 0.6 is 27.3 Å². The molecule has 2 unspecified atom stereocenters. The molecule has 0 aliphatic carbocycles. The lowest BCUT2D eigenvalue weighted by molar-refractivity contribution is -0.135. The molecule has 2 atom stereocenters. The monoisotopic (exact) mass is 318 g/mol. The summed E-state index contributed by atoms with van der Waals surface area (Å²) in [6.45, 7) is 1.54. The van der Waals surface area contributed by atoms with E-state index < -0.39 is 0 Å². The van der Waals surface area contributed by atoms with Crippen molar-refractivity contribution in [1.29, 1.82) is 0 Å². The molecule has 4 nitrogen and oxygen atoms in total. The van der Waals surface area contributed by atoms with Gasteiger partial charge in [-0.1, -0.05) is 0 Å². The first-order chi connectivity index (χ1) is 8.08. The molecule has 6 heteroatoms. The Hall–Kier alpha value is -0.430. The van der Waals surface area contributed by atoms with Crippen molar-refractivity contribution < 1.29 is 9.53 Å². The summed E-state index contributed by atoms with van der Waals surface area (Å²) < 4.78 is 6.30. The highest BCUT2D eigenvalue weighted by Gasteiger charge is 2.33. The summed E-state index contributed by atoms with van der Waals surface area (Å²) in [5, 5.41) is 2.04. The standard InChI is InChI=1S/C11H15BrN2O2S/c1-14(3-7-2-10(12)17-6-7)11(15)8-4-16-5-9(8)13/h2,6,8-9H,3-5,13H2,1H3. The smallest absolute Gasteiger partial charge is 0.229 e. The number of rotatable bonds is 3. The van der Waals surface area contributed by atoms with Crippen molar-refractivity contribution in [3.05, 3.63) is 20.8 Å². The Kier molecular flexibility index (Phi) is 4.19. The number of hydrogen-bond acceptors (Lipinski definition) is 4. The fourth-order valence-corrected chi connectivity index (χ4v) is 3.09. The van der Waals surface area contributed by atoms with Crippen LogP contribution in [0.2, 0.25) is 0 Å². The highest BCUT2D eigenvalue weighted by Crippen LogP contribution is 2.22. The van der Waals surface area contributed by atoms with E-state index in [1.54, 1.807) is 23.3 Å². The molecular weight excluding hydrogens is 304 g/mol. The van der Waals surface area contributed by atoms with Gasteiger partial charge in [0.15, 0.2) is 0 Å². The number of carbonyl (C=O) groups excluding carboxylic acids is 1. The van der Waals surface area contributed by atoms with Crippen LogP contribution < -0.4 is 5.73 Å². The van der Waals surface area contributed by atoms with E-state index in [-0.39, 0.29) is 17.9 Å². The van der Waals surface area contributed by atoms with E-state index in [1.165, 1.54) is 0 Å². The summed E-state index contributed by atoms with van der Waals surface area (Å²) in [5.74, 6) is -0.126. The van der Waals surface area contributed by atoms with E-state index in [9.17, 15) is 4.79 Å². The summed E-state index contributed by atoms with van der Waals surface area (Å²) in [6.07, 6.45) is 0. The average Bonchev–Trinajstić information content (AvgIpc) is 2.86. The van der Waals surface area contributed by atoms with Gasteiger partial charge in [0.2, 0.25) is 5.91 Å². The first-order valence-corrected chi connectivity index (χ1v) is 7.06. The van der Waals surface area contributed by atoms with Gasteiger partial charge in [-0.25, -0.2) is 0 Å². The van der Waals surface area contributed by atoms with Crippen LogP contribution in [0.3, 0.4) is 0 Å². The Morgan fingerprint density at radius 1 is 1.71 bits per heavy atom. The van der Waals surface area contributed by atoms with Crippen molar-refractivity contribution >= 4 is 33.2 Å². The van der Waals surface area contributed by atoms with Crippen LogP contribution in [0.15, 0.2) is 15.2 Å². The molecule has 1 fully saturated rings. The van der Waals surface area contributed by atoms with Crippen LogP contribution in [0.5, 0.6) is 0 Å². The second-order valence-corrected chi connectivity index (χ2v) is 6.55. The number of nitrogens with two attached hydrogens (primary N) is 1. The van der Waals surface area contributed by atoms with Crippen molar-refractivity contribution in [3.8, 4) is 0 Å². The summed E-state index contributed by atoms with van der Waals surface area (Å²) in [6, 6.07) is 1.86. The second kappa shape index (κ2) is 5.48. The fourth-order valence-electron chi connectivity index (χ4n) is 1.89. The van der Waals surface area contributed by atoms with Gasteiger partial charge in [0.05, 0.1) is 22.9 Å². The van der Waals surface area contributed by atoms with Crippen LogP contribution in [0.4, 0.5) is 0 Å². The Morgan fingerprint density at radius 3 is 3.00 bits per heavy atom. The number of nitrogens with zero attached hydrogens (tertiary/aromatic N) is 1. The summed E-state index contributed by atoms with van der Waals surface area (Å²) in [7, 11) is 1.80. The zero-order valence-electron chi connectivity index (χ0n) is 9.56. The van der Waals surface area contributed by atoms with Crippen molar-refractivity contribution in [3.63, 3.8) is 0 Å². The Bertz CT molecular complexity index is 410. The van der Waals surface area contributed by atoms with Gasteiger partial charge in [-0.2, -0.15) is 0 Å². The van der Waals surface area contributed by atoms with Gasteiger partial charge in [-0.15, -0.1) is 11.3 Å². The Labute approximate surface area is 113 Å². The third-order valence-corrected chi connectivity index (χ3v) is 4.41. The van der Waals surface area contributed by atoms with Gasteiger partial charge in [0.1, 0.15) is 0 Å². The van der Waals surface area contributed by atoms with Crippen LogP contribution in [-0.2, 0) is 16.1 Å². The van der Waals surface area contributed by atoms with Gasteiger partial charge >= 0.3 is 0 Å². The topological polar surface area (TPSA) is 55.6 Å². The number of halogens is 1. The number of amides is 1. The molecule has 1 aromatic rings. The minimum Gasteiger partial charge on any atom is -0.379 e. The van der Waals surface area contributed by atoms with Crippen molar-refractivity contribution in [1.82, 2.24) is 4.90 Å². The predicted octanol–water partition coefficient (Wildman–Crippen LogP) is 1.44. The highest BCUT2D eigenvalue weighted by molar-refractivity contribution is 9.11. The molecule has 0 radical (unpaired) electrons. The highest BCUT2D eigenvalue weighted by atomic mass is 79.9. The lowest BCUT2D eigenvalue weighted by Gasteiger charge is -2.21. The largest absolute Gasteiger partial charge is 0.379 e. The zero-order valence-corrected chi connectivity index (χ0v) is 12.0. The molecule has 1 aliphatic heterocycles. The van der Waals surface area contributed by atoms with E-state index in [0.717, 1.165) is 9.35 Å². The molecule has 1 amide bonds. The molecule has 0 aromatic carbocycles. The van der Waals surface area contributed by atoms with Crippen LogP contribution in [0.1, 0.15) is 5.56 Å². The fraction of sp³-hybridized carbons (Fsp3) is 0.545. The minimum atomic E-state index is -0.193. The number of carbonyl (C=O) groups is 1. The number of thiophene rings is 1. The Morgan fingerprint density at radius 2 is 2.47 bits per heavy atom. The maximum atomic E-state index is 12.1. The molecule has 0 saturated carbocycles. The van der Waals surface area contributed by atoms with E-state index in [2.05, 4.69) is 15.9 Å². The molecule has 1 aromatic heterocycles. The summed E-state index contributed by atoms with van der Waals surface area (Å²) in [5.41, 5.74) is 6.97. The predicted molar refractivity (Wildman–Crippen MR) is 70.8 cm³/mol. The molecule has 94 valence electrons. The molecular formula is C11H15BrN2O2S. The van der Waals surface area contributed by atoms with E-state index in [0.29, 0.717) is 19.8 Å². The maximum absolute atomic E-state index is 12.1.